The zero-order valence-electron chi connectivity index (χ0n) is 9.26. The Morgan fingerprint density at radius 1 is 1.31 bits per heavy atom. The van der Waals surface area contributed by atoms with E-state index >= 15 is 0 Å². The van der Waals surface area contributed by atoms with E-state index in [9.17, 15) is 13.6 Å². The van der Waals surface area contributed by atoms with Crippen LogP contribution in [0.15, 0.2) is 18.2 Å². The molecule has 0 atom stereocenters. The van der Waals surface area contributed by atoms with Crippen molar-refractivity contribution in [2.24, 2.45) is 0 Å². The Kier molecular flexibility index (Phi) is 3.62. The summed E-state index contributed by atoms with van der Waals surface area (Å²) in [6.45, 7) is 3.83. The number of aliphatic carboxylic acids is 1. The third kappa shape index (κ3) is 3.02. The second kappa shape index (κ2) is 4.60. The van der Waals surface area contributed by atoms with Gasteiger partial charge in [0, 0.05) is 6.42 Å². The molecule has 0 aromatic heterocycles. The number of carboxylic acid groups (broad SMARTS) is 1. The molecule has 0 saturated heterocycles. The molecule has 0 aliphatic heterocycles. The molecule has 1 aromatic rings. The number of benzene rings is 1. The van der Waals surface area contributed by atoms with E-state index in [1.54, 1.807) is 6.07 Å². The Bertz CT molecular complexity index is 400. The van der Waals surface area contributed by atoms with Gasteiger partial charge in [0.05, 0.1) is 0 Å². The summed E-state index contributed by atoms with van der Waals surface area (Å²) in [5.74, 6) is -5.70. The molecule has 0 aliphatic carbocycles. The van der Waals surface area contributed by atoms with Gasteiger partial charge in [-0.05, 0) is 37.0 Å². The van der Waals surface area contributed by atoms with Gasteiger partial charge in [-0.2, -0.15) is 8.78 Å². The first kappa shape index (κ1) is 12.6. The predicted molar refractivity (Wildman–Crippen MR) is 56.8 cm³/mol. The summed E-state index contributed by atoms with van der Waals surface area (Å²) < 4.78 is 25.6. The molecule has 0 radical (unpaired) electrons. The molecule has 2 nitrogen and oxygen atoms in total. The van der Waals surface area contributed by atoms with Crippen LogP contribution in [0.2, 0.25) is 0 Å². The van der Waals surface area contributed by atoms with Gasteiger partial charge in [-0.3, -0.25) is 0 Å². The number of alkyl halides is 2. The topological polar surface area (TPSA) is 37.3 Å². The number of rotatable bonds is 4. The van der Waals surface area contributed by atoms with Crippen molar-refractivity contribution in [3.8, 4) is 0 Å². The summed E-state index contributed by atoms with van der Waals surface area (Å²) in [6.07, 6.45) is -0.592. The molecule has 0 spiro atoms. The predicted octanol–water partition coefficient (Wildman–Crippen LogP) is 2.96. The van der Waals surface area contributed by atoms with Gasteiger partial charge in [0.25, 0.3) is 0 Å². The Hall–Kier alpha value is -1.45. The largest absolute Gasteiger partial charge is 0.477 e. The van der Waals surface area contributed by atoms with Crippen LogP contribution in [0.3, 0.4) is 0 Å². The monoisotopic (exact) mass is 228 g/mol. The number of hydrogen-bond acceptors (Lipinski definition) is 1. The fourth-order valence-corrected chi connectivity index (χ4v) is 1.37. The van der Waals surface area contributed by atoms with Gasteiger partial charge in [-0.25, -0.2) is 4.79 Å². The molecular weight excluding hydrogens is 214 g/mol. The molecule has 0 fully saturated rings. The van der Waals surface area contributed by atoms with Crippen LogP contribution in [0.1, 0.15) is 23.1 Å². The third-order valence-corrected chi connectivity index (χ3v) is 2.61. The van der Waals surface area contributed by atoms with Crippen LogP contribution < -0.4 is 0 Å². The molecule has 88 valence electrons. The van der Waals surface area contributed by atoms with Crippen LogP contribution >= 0.6 is 0 Å². The van der Waals surface area contributed by atoms with Crippen molar-refractivity contribution < 1.29 is 18.7 Å². The number of hydrogen-bond donors (Lipinski definition) is 1. The number of halogens is 2. The highest BCUT2D eigenvalue weighted by Crippen LogP contribution is 2.22. The van der Waals surface area contributed by atoms with Crippen molar-refractivity contribution in [2.45, 2.75) is 32.6 Å². The Labute approximate surface area is 92.9 Å². The maximum atomic E-state index is 12.8. The standard InChI is InChI=1S/C12H14F2O2/c1-8-3-4-10(7-9(8)2)5-6-12(13,14)11(15)16/h3-4,7H,5-6H2,1-2H3,(H,15,16). The van der Waals surface area contributed by atoms with Crippen LogP contribution in [0, 0.1) is 13.8 Å². The summed E-state index contributed by atoms with van der Waals surface area (Å²) in [5, 5.41) is 8.27. The summed E-state index contributed by atoms with van der Waals surface area (Å²) in [7, 11) is 0. The van der Waals surface area contributed by atoms with Crippen molar-refractivity contribution in [3.63, 3.8) is 0 Å². The third-order valence-electron chi connectivity index (χ3n) is 2.61. The summed E-state index contributed by atoms with van der Waals surface area (Å²) in [6, 6.07) is 5.41. The SMILES string of the molecule is Cc1ccc(CCC(F)(F)C(=O)O)cc1C. The normalized spacial score (nSPS) is 11.5. The second-order valence-electron chi connectivity index (χ2n) is 3.93. The van der Waals surface area contributed by atoms with E-state index in [4.69, 9.17) is 5.11 Å². The van der Waals surface area contributed by atoms with Crippen molar-refractivity contribution in [2.75, 3.05) is 0 Å². The average Bonchev–Trinajstić information content (AvgIpc) is 2.20. The van der Waals surface area contributed by atoms with Crippen molar-refractivity contribution in [1.29, 1.82) is 0 Å². The van der Waals surface area contributed by atoms with E-state index in [1.165, 1.54) is 0 Å². The maximum Gasteiger partial charge on any atom is 0.374 e. The lowest BCUT2D eigenvalue weighted by Crippen LogP contribution is -2.28. The Morgan fingerprint density at radius 3 is 2.44 bits per heavy atom. The Morgan fingerprint density at radius 2 is 1.94 bits per heavy atom. The van der Waals surface area contributed by atoms with Crippen molar-refractivity contribution >= 4 is 5.97 Å². The van der Waals surface area contributed by atoms with Crippen LogP contribution in [0.4, 0.5) is 8.78 Å². The fraction of sp³-hybridized carbons (Fsp3) is 0.417. The fourth-order valence-electron chi connectivity index (χ4n) is 1.37. The zero-order chi connectivity index (χ0) is 12.3. The summed E-state index contributed by atoms with van der Waals surface area (Å²) >= 11 is 0. The van der Waals surface area contributed by atoms with E-state index in [-0.39, 0.29) is 6.42 Å². The molecule has 0 unspecified atom stereocenters. The van der Waals surface area contributed by atoms with E-state index in [0.29, 0.717) is 0 Å². The van der Waals surface area contributed by atoms with Gasteiger partial charge in [-0.15, -0.1) is 0 Å². The van der Waals surface area contributed by atoms with E-state index in [0.717, 1.165) is 16.7 Å². The van der Waals surface area contributed by atoms with Crippen LogP contribution in [-0.2, 0) is 11.2 Å². The van der Waals surface area contributed by atoms with Gasteiger partial charge in [-0.1, -0.05) is 18.2 Å². The molecule has 0 heterocycles. The highest BCUT2D eigenvalue weighted by molar-refractivity contribution is 5.75. The molecule has 0 aliphatic rings. The number of aryl methyl sites for hydroxylation is 3. The molecule has 1 rings (SSSR count). The lowest BCUT2D eigenvalue weighted by Gasteiger charge is -2.11. The quantitative estimate of drug-likeness (QED) is 0.860. The summed E-state index contributed by atoms with van der Waals surface area (Å²) in [4.78, 5) is 10.2. The molecule has 16 heavy (non-hydrogen) atoms. The molecular formula is C12H14F2O2. The van der Waals surface area contributed by atoms with Crippen LogP contribution in [0.25, 0.3) is 0 Å². The van der Waals surface area contributed by atoms with E-state index in [1.807, 2.05) is 26.0 Å². The first-order chi connectivity index (χ1) is 7.33. The minimum atomic E-state index is -3.64. The lowest BCUT2D eigenvalue weighted by molar-refractivity contribution is -0.165. The molecule has 0 saturated carbocycles. The second-order valence-corrected chi connectivity index (χ2v) is 3.93. The van der Waals surface area contributed by atoms with E-state index in [2.05, 4.69) is 0 Å². The molecule has 0 bridgehead atoms. The van der Waals surface area contributed by atoms with E-state index < -0.39 is 18.3 Å². The number of carboxylic acids is 1. The molecule has 4 heteroatoms. The van der Waals surface area contributed by atoms with Gasteiger partial charge < -0.3 is 5.11 Å². The van der Waals surface area contributed by atoms with Crippen molar-refractivity contribution in [1.82, 2.24) is 0 Å². The molecule has 1 N–H and O–H groups in total. The average molecular weight is 228 g/mol. The van der Waals surface area contributed by atoms with Gasteiger partial charge >= 0.3 is 11.9 Å². The molecule has 1 aromatic carbocycles. The minimum Gasteiger partial charge on any atom is -0.477 e. The van der Waals surface area contributed by atoms with Crippen molar-refractivity contribution in [3.05, 3.63) is 34.9 Å². The van der Waals surface area contributed by atoms with Gasteiger partial charge in [0.2, 0.25) is 0 Å². The Balaban J connectivity index is 2.68. The maximum absolute atomic E-state index is 12.8. The lowest BCUT2D eigenvalue weighted by atomic mass is 10.0. The van der Waals surface area contributed by atoms with Crippen LogP contribution in [-0.4, -0.2) is 17.0 Å². The highest BCUT2D eigenvalue weighted by atomic mass is 19.3. The first-order valence-corrected chi connectivity index (χ1v) is 5.00. The minimum absolute atomic E-state index is 0.0699. The molecule has 0 amide bonds. The number of carbonyl (C=O) groups is 1. The summed E-state index contributed by atoms with van der Waals surface area (Å²) in [5.41, 5.74) is 2.86. The van der Waals surface area contributed by atoms with Gasteiger partial charge in [0.15, 0.2) is 0 Å². The highest BCUT2D eigenvalue weighted by Gasteiger charge is 2.37. The zero-order valence-corrected chi connectivity index (χ0v) is 9.26. The smallest absolute Gasteiger partial charge is 0.374 e. The van der Waals surface area contributed by atoms with Gasteiger partial charge in [0.1, 0.15) is 0 Å². The van der Waals surface area contributed by atoms with Crippen LogP contribution in [0.5, 0.6) is 0 Å². The first-order valence-electron chi connectivity index (χ1n) is 5.00.